The van der Waals surface area contributed by atoms with Crippen LogP contribution in [0.2, 0.25) is 0 Å². The van der Waals surface area contributed by atoms with Gasteiger partial charge in [-0.05, 0) is 27.8 Å². The van der Waals surface area contributed by atoms with Gasteiger partial charge in [0.1, 0.15) is 0 Å². The number of hydrogen-bond donors (Lipinski definition) is 1. The predicted octanol–water partition coefficient (Wildman–Crippen LogP) is 7.36. The van der Waals surface area contributed by atoms with Crippen LogP contribution in [0.3, 0.4) is 0 Å². The lowest BCUT2D eigenvalue weighted by molar-refractivity contribution is -0.135. The fourth-order valence-electron chi connectivity index (χ4n) is 6.43. The molecule has 1 heterocycles. The Hall–Kier alpha value is -4.47. The zero-order valence-electron chi connectivity index (χ0n) is 22.3. The molecule has 1 aliphatic rings. The van der Waals surface area contributed by atoms with Crippen LogP contribution in [0.25, 0.3) is 0 Å². The van der Waals surface area contributed by atoms with Gasteiger partial charge in [-0.25, -0.2) is 0 Å². The molecule has 1 saturated heterocycles. The molecule has 1 fully saturated rings. The Morgan fingerprint density at radius 2 is 1.00 bits per heavy atom. The van der Waals surface area contributed by atoms with Crippen LogP contribution in [0.15, 0.2) is 152 Å². The number of hydrogen-bond acceptors (Lipinski definition) is 2. The SMILES string of the molecule is O=C1[C@@H]([C@H](O)c2ccccc2)[C@H](c2ccccc2)[C@@H](C(c2ccccc2)c2ccccc2)N1Cc1ccccc1. The second-order valence-corrected chi connectivity index (χ2v) is 10.6. The summed E-state index contributed by atoms with van der Waals surface area (Å²) in [5.74, 6) is -0.976. The number of nitrogens with zero attached hydrogens (tertiary/aromatic N) is 1. The number of likely N-dealkylation sites (tertiary alicyclic amines) is 1. The minimum absolute atomic E-state index is 0.0177. The lowest BCUT2D eigenvalue weighted by atomic mass is 9.72. The van der Waals surface area contributed by atoms with Crippen LogP contribution >= 0.6 is 0 Å². The first-order valence-electron chi connectivity index (χ1n) is 13.9. The highest BCUT2D eigenvalue weighted by Gasteiger charge is 2.54. The molecule has 1 amide bonds. The summed E-state index contributed by atoms with van der Waals surface area (Å²) in [7, 11) is 0. The Balaban J connectivity index is 1.57. The molecule has 5 aromatic carbocycles. The average molecular weight is 524 g/mol. The van der Waals surface area contributed by atoms with Crippen LogP contribution in [0.5, 0.6) is 0 Å². The molecule has 0 unspecified atom stereocenters. The van der Waals surface area contributed by atoms with E-state index in [1.165, 1.54) is 0 Å². The number of amides is 1. The molecule has 0 aromatic heterocycles. The molecule has 0 radical (unpaired) electrons. The third-order valence-corrected chi connectivity index (χ3v) is 8.20. The molecule has 0 saturated carbocycles. The standard InChI is InChI=1S/C37H33NO2/c39-36(31-24-14-5-15-25-31)34-33(30-22-12-4-13-23-30)35(38(37(34)40)26-27-16-6-1-7-17-27)32(28-18-8-2-9-19-28)29-20-10-3-11-21-29/h1-25,32-36,39H,26H2/t33-,34+,35+,36+/m0/s1. The van der Waals surface area contributed by atoms with E-state index >= 15 is 0 Å². The van der Waals surface area contributed by atoms with Crippen LogP contribution < -0.4 is 0 Å². The fraction of sp³-hybridized carbons (Fsp3) is 0.162. The summed E-state index contributed by atoms with van der Waals surface area (Å²) in [5.41, 5.74) is 5.20. The third-order valence-electron chi connectivity index (χ3n) is 8.20. The van der Waals surface area contributed by atoms with Crippen molar-refractivity contribution >= 4 is 5.91 Å². The minimum atomic E-state index is -0.936. The lowest BCUT2D eigenvalue weighted by Gasteiger charge is -2.36. The molecule has 1 aliphatic heterocycles. The summed E-state index contributed by atoms with van der Waals surface area (Å²) in [4.78, 5) is 16.7. The molecule has 6 rings (SSSR count). The maximum atomic E-state index is 14.7. The number of carbonyl (C=O) groups is 1. The van der Waals surface area contributed by atoms with Crippen molar-refractivity contribution in [3.63, 3.8) is 0 Å². The molecular weight excluding hydrogens is 490 g/mol. The van der Waals surface area contributed by atoms with E-state index in [2.05, 4.69) is 72.8 Å². The molecule has 3 nitrogen and oxygen atoms in total. The number of aliphatic hydroxyl groups is 1. The molecule has 4 atom stereocenters. The van der Waals surface area contributed by atoms with Gasteiger partial charge in [0.05, 0.1) is 18.1 Å². The van der Waals surface area contributed by atoms with Crippen molar-refractivity contribution in [1.29, 1.82) is 0 Å². The van der Waals surface area contributed by atoms with Gasteiger partial charge < -0.3 is 10.0 Å². The van der Waals surface area contributed by atoms with Gasteiger partial charge in [-0.1, -0.05) is 152 Å². The number of aliphatic hydroxyl groups excluding tert-OH is 1. The van der Waals surface area contributed by atoms with Gasteiger partial charge in [0.2, 0.25) is 5.91 Å². The summed E-state index contributed by atoms with van der Waals surface area (Å²) in [5, 5.41) is 11.9. The predicted molar refractivity (Wildman–Crippen MR) is 160 cm³/mol. The Bertz CT molecular complexity index is 1470. The Kier molecular flexibility index (Phi) is 7.56. The van der Waals surface area contributed by atoms with Gasteiger partial charge in [0, 0.05) is 18.4 Å². The first-order chi connectivity index (χ1) is 19.7. The number of rotatable bonds is 8. The van der Waals surface area contributed by atoms with Crippen molar-refractivity contribution in [3.05, 3.63) is 179 Å². The highest BCUT2D eigenvalue weighted by molar-refractivity contribution is 5.85. The van der Waals surface area contributed by atoms with Crippen molar-refractivity contribution in [1.82, 2.24) is 4.90 Å². The summed E-state index contributed by atoms with van der Waals surface area (Å²) in [6.45, 7) is 0.474. The van der Waals surface area contributed by atoms with Crippen molar-refractivity contribution in [3.8, 4) is 0 Å². The quantitative estimate of drug-likeness (QED) is 0.231. The van der Waals surface area contributed by atoms with E-state index < -0.39 is 12.0 Å². The summed E-state index contributed by atoms with van der Waals surface area (Å²) < 4.78 is 0. The van der Waals surface area contributed by atoms with Crippen LogP contribution in [-0.4, -0.2) is 22.0 Å². The van der Waals surface area contributed by atoms with Crippen molar-refractivity contribution < 1.29 is 9.90 Å². The Morgan fingerprint density at radius 3 is 1.50 bits per heavy atom. The van der Waals surface area contributed by atoms with Gasteiger partial charge in [-0.15, -0.1) is 0 Å². The fourth-order valence-corrected chi connectivity index (χ4v) is 6.43. The normalized spacial score (nSPS) is 19.6. The largest absolute Gasteiger partial charge is 0.388 e. The highest BCUT2D eigenvalue weighted by atomic mass is 16.3. The van der Waals surface area contributed by atoms with Gasteiger partial charge >= 0.3 is 0 Å². The molecule has 198 valence electrons. The summed E-state index contributed by atoms with van der Waals surface area (Å²) in [6, 6.07) is 50.8. The molecule has 40 heavy (non-hydrogen) atoms. The second-order valence-electron chi connectivity index (χ2n) is 10.6. The van der Waals surface area contributed by atoms with E-state index in [1.54, 1.807) is 0 Å². The van der Waals surface area contributed by atoms with Crippen LogP contribution in [-0.2, 0) is 11.3 Å². The topological polar surface area (TPSA) is 40.5 Å². The average Bonchev–Trinajstić information content (AvgIpc) is 3.30. The second kappa shape index (κ2) is 11.7. The zero-order valence-corrected chi connectivity index (χ0v) is 22.3. The van der Waals surface area contributed by atoms with E-state index in [4.69, 9.17) is 0 Å². The monoisotopic (exact) mass is 523 g/mol. The van der Waals surface area contributed by atoms with Crippen LogP contribution in [0.1, 0.15) is 45.8 Å². The molecule has 0 bridgehead atoms. The molecule has 1 N–H and O–H groups in total. The van der Waals surface area contributed by atoms with E-state index in [0.29, 0.717) is 6.54 Å². The Morgan fingerprint density at radius 1 is 0.575 bits per heavy atom. The highest BCUT2D eigenvalue weighted by Crippen LogP contribution is 2.51. The van der Waals surface area contributed by atoms with Crippen molar-refractivity contribution in [2.75, 3.05) is 0 Å². The maximum Gasteiger partial charge on any atom is 0.229 e. The van der Waals surface area contributed by atoms with Crippen LogP contribution in [0, 0.1) is 5.92 Å². The maximum absolute atomic E-state index is 14.7. The number of benzene rings is 5. The first kappa shape index (κ1) is 25.8. The molecular formula is C37H33NO2. The Labute approximate surface area is 236 Å². The smallest absolute Gasteiger partial charge is 0.229 e. The van der Waals surface area contributed by atoms with E-state index in [1.807, 2.05) is 83.8 Å². The number of carbonyl (C=O) groups excluding carboxylic acids is 1. The van der Waals surface area contributed by atoms with E-state index in [-0.39, 0.29) is 23.8 Å². The van der Waals surface area contributed by atoms with Crippen molar-refractivity contribution in [2.24, 2.45) is 5.92 Å². The van der Waals surface area contributed by atoms with E-state index in [0.717, 1.165) is 27.8 Å². The van der Waals surface area contributed by atoms with Gasteiger partial charge in [-0.3, -0.25) is 4.79 Å². The van der Waals surface area contributed by atoms with Gasteiger partial charge in [0.15, 0.2) is 0 Å². The zero-order chi connectivity index (χ0) is 27.3. The third kappa shape index (κ3) is 5.09. The first-order valence-corrected chi connectivity index (χ1v) is 13.9. The summed E-state index contributed by atoms with van der Waals surface area (Å²) >= 11 is 0. The van der Waals surface area contributed by atoms with Crippen LogP contribution in [0.4, 0.5) is 0 Å². The molecule has 0 aliphatic carbocycles. The van der Waals surface area contributed by atoms with Gasteiger partial charge in [-0.2, -0.15) is 0 Å². The molecule has 0 spiro atoms. The van der Waals surface area contributed by atoms with Crippen molar-refractivity contribution in [2.45, 2.75) is 30.5 Å². The molecule has 3 heteroatoms. The lowest BCUT2D eigenvalue weighted by Crippen LogP contribution is -2.39. The molecule has 5 aromatic rings. The minimum Gasteiger partial charge on any atom is -0.388 e. The van der Waals surface area contributed by atoms with Gasteiger partial charge in [0.25, 0.3) is 0 Å². The summed E-state index contributed by atoms with van der Waals surface area (Å²) in [6.07, 6.45) is -0.936. The van der Waals surface area contributed by atoms with E-state index in [9.17, 15) is 9.90 Å².